The van der Waals surface area contributed by atoms with Crippen LogP contribution < -0.4 is 5.32 Å². The SMILES string of the molecule is CCCC1CNC(c2ccccc2)CN1CC1CCCC1. The van der Waals surface area contributed by atoms with Crippen LogP contribution in [0.4, 0.5) is 0 Å². The topological polar surface area (TPSA) is 15.3 Å². The van der Waals surface area contributed by atoms with E-state index in [0.717, 1.165) is 18.5 Å². The van der Waals surface area contributed by atoms with Gasteiger partial charge in [-0.15, -0.1) is 0 Å². The lowest BCUT2D eigenvalue weighted by Gasteiger charge is -2.42. The molecule has 0 aromatic heterocycles. The highest BCUT2D eigenvalue weighted by Gasteiger charge is 2.30. The van der Waals surface area contributed by atoms with Gasteiger partial charge in [-0.05, 0) is 30.7 Å². The second-order valence-corrected chi connectivity index (χ2v) is 6.92. The maximum atomic E-state index is 3.78. The zero-order valence-electron chi connectivity index (χ0n) is 13.4. The van der Waals surface area contributed by atoms with E-state index in [1.165, 1.54) is 57.2 Å². The van der Waals surface area contributed by atoms with Gasteiger partial charge in [-0.25, -0.2) is 0 Å². The molecule has 2 nitrogen and oxygen atoms in total. The maximum absolute atomic E-state index is 3.78. The Kier molecular flexibility index (Phi) is 5.32. The summed E-state index contributed by atoms with van der Waals surface area (Å²) in [5.74, 6) is 0.957. The normalized spacial score (nSPS) is 28.0. The van der Waals surface area contributed by atoms with Crippen LogP contribution in [-0.2, 0) is 0 Å². The van der Waals surface area contributed by atoms with Crippen molar-refractivity contribution in [1.29, 1.82) is 0 Å². The molecule has 1 aromatic rings. The molecule has 0 bridgehead atoms. The summed E-state index contributed by atoms with van der Waals surface area (Å²) in [5, 5.41) is 3.78. The van der Waals surface area contributed by atoms with E-state index in [1.54, 1.807) is 0 Å². The van der Waals surface area contributed by atoms with Gasteiger partial charge in [0.1, 0.15) is 0 Å². The third kappa shape index (κ3) is 3.87. The molecule has 1 saturated heterocycles. The number of nitrogens with zero attached hydrogens (tertiary/aromatic N) is 1. The summed E-state index contributed by atoms with van der Waals surface area (Å²) in [4.78, 5) is 2.80. The molecule has 2 aliphatic rings. The summed E-state index contributed by atoms with van der Waals surface area (Å²) in [7, 11) is 0. The Morgan fingerprint density at radius 2 is 1.90 bits per heavy atom. The van der Waals surface area contributed by atoms with E-state index in [9.17, 15) is 0 Å². The number of piperazine rings is 1. The average molecular weight is 286 g/mol. The number of hydrogen-bond donors (Lipinski definition) is 1. The maximum Gasteiger partial charge on any atom is 0.0449 e. The van der Waals surface area contributed by atoms with Crippen molar-refractivity contribution in [1.82, 2.24) is 10.2 Å². The Bertz CT molecular complexity index is 411. The fourth-order valence-electron chi connectivity index (χ4n) is 4.13. The summed E-state index contributed by atoms with van der Waals surface area (Å²) in [5.41, 5.74) is 1.45. The predicted molar refractivity (Wildman–Crippen MR) is 89.4 cm³/mol. The standard InChI is InChI=1S/C19H30N2/c1-2-8-18-13-20-19(17-11-4-3-5-12-17)15-21(18)14-16-9-6-7-10-16/h3-5,11-12,16,18-20H,2,6-10,13-15H2,1H3. The Morgan fingerprint density at radius 1 is 1.14 bits per heavy atom. The Labute approximate surface area is 129 Å². The molecular weight excluding hydrogens is 256 g/mol. The van der Waals surface area contributed by atoms with Crippen LogP contribution in [0.15, 0.2) is 30.3 Å². The lowest BCUT2D eigenvalue weighted by atomic mass is 9.97. The minimum Gasteiger partial charge on any atom is -0.307 e. The van der Waals surface area contributed by atoms with Crippen molar-refractivity contribution in [3.8, 4) is 0 Å². The van der Waals surface area contributed by atoms with Gasteiger partial charge in [0.15, 0.2) is 0 Å². The number of nitrogens with one attached hydrogen (secondary N) is 1. The molecule has 0 spiro atoms. The quantitative estimate of drug-likeness (QED) is 0.880. The molecule has 1 aromatic carbocycles. The first-order valence-corrected chi connectivity index (χ1v) is 8.89. The van der Waals surface area contributed by atoms with Crippen LogP contribution in [0.1, 0.15) is 57.1 Å². The molecule has 1 aliphatic carbocycles. The average Bonchev–Trinajstić information content (AvgIpc) is 3.03. The molecule has 0 amide bonds. The number of rotatable bonds is 5. The second kappa shape index (κ2) is 7.42. The highest BCUT2D eigenvalue weighted by molar-refractivity contribution is 5.20. The van der Waals surface area contributed by atoms with Gasteiger partial charge < -0.3 is 5.32 Å². The molecule has 21 heavy (non-hydrogen) atoms. The second-order valence-electron chi connectivity index (χ2n) is 6.92. The van der Waals surface area contributed by atoms with Crippen LogP contribution in [0, 0.1) is 5.92 Å². The van der Waals surface area contributed by atoms with E-state index >= 15 is 0 Å². The monoisotopic (exact) mass is 286 g/mol. The Balaban J connectivity index is 1.65. The van der Waals surface area contributed by atoms with Gasteiger partial charge in [0.2, 0.25) is 0 Å². The fourth-order valence-corrected chi connectivity index (χ4v) is 4.13. The highest BCUT2D eigenvalue weighted by Crippen LogP contribution is 2.29. The molecule has 1 heterocycles. The summed E-state index contributed by atoms with van der Waals surface area (Å²) < 4.78 is 0. The van der Waals surface area contributed by atoms with Crippen molar-refractivity contribution in [2.24, 2.45) is 5.92 Å². The van der Waals surface area contributed by atoms with Crippen molar-refractivity contribution in [3.63, 3.8) is 0 Å². The summed E-state index contributed by atoms with van der Waals surface area (Å²) in [6.45, 7) is 5.98. The largest absolute Gasteiger partial charge is 0.307 e. The van der Waals surface area contributed by atoms with E-state index in [4.69, 9.17) is 0 Å². The van der Waals surface area contributed by atoms with E-state index in [0.29, 0.717) is 6.04 Å². The number of benzene rings is 1. The minimum atomic E-state index is 0.515. The van der Waals surface area contributed by atoms with Gasteiger partial charge in [0, 0.05) is 31.7 Å². The van der Waals surface area contributed by atoms with Gasteiger partial charge in [-0.1, -0.05) is 56.5 Å². The summed E-state index contributed by atoms with van der Waals surface area (Å²) in [6, 6.07) is 12.2. The zero-order valence-corrected chi connectivity index (χ0v) is 13.4. The van der Waals surface area contributed by atoms with Gasteiger partial charge in [-0.2, -0.15) is 0 Å². The molecule has 1 N–H and O–H groups in total. The third-order valence-electron chi connectivity index (χ3n) is 5.32. The number of hydrogen-bond acceptors (Lipinski definition) is 2. The van der Waals surface area contributed by atoms with Gasteiger partial charge in [0.25, 0.3) is 0 Å². The van der Waals surface area contributed by atoms with Crippen LogP contribution in [-0.4, -0.2) is 30.6 Å². The molecular formula is C19H30N2. The van der Waals surface area contributed by atoms with E-state index in [1.807, 2.05) is 0 Å². The highest BCUT2D eigenvalue weighted by atomic mass is 15.2. The van der Waals surface area contributed by atoms with E-state index in [2.05, 4.69) is 47.5 Å². The molecule has 2 unspecified atom stereocenters. The smallest absolute Gasteiger partial charge is 0.0449 e. The molecule has 0 radical (unpaired) electrons. The summed E-state index contributed by atoms with van der Waals surface area (Å²) in [6.07, 6.45) is 8.46. The molecule has 3 rings (SSSR count). The zero-order chi connectivity index (χ0) is 14.5. The van der Waals surface area contributed by atoms with Crippen molar-refractivity contribution < 1.29 is 0 Å². The predicted octanol–water partition coefficient (Wildman–Crippen LogP) is 3.99. The van der Waals surface area contributed by atoms with Crippen LogP contribution in [0.2, 0.25) is 0 Å². The molecule has 2 atom stereocenters. The van der Waals surface area contributed by atoms with Crippen LogP contribution in [0.25, 0.3) is 0 Å². The van der Waals surface area contributed by atoms with Gasteiger partial charge in [-0.3, -0.25) is 4.90 Å². The first-order valence-electron chi connectivity index (χ1n) is 8.89. The Morgan fingerprint density at radius 3 is 2.62 bits per heavy atom. The first kappa shape index (κ1) is 15.1. The van der Waals surface area contributed by atoms with E-state index < -0.39 is 0 Å². The molecule has 1 aliphatic heterocycles. The first-order chi connectivity index (χ1) is 10.4. The molecule has 116 valence electrons. The molecule has 2 heteroatoms. The van der Waals surface area contributed by atoms with Crippen molar-refractivity contribution in [2.75, 3.05) is 19.6 Å². The van der Waals surface area contributed by atoms with Crippen molar-refractivity contribution in [3.05, 3.63) is 35.9 Å². The third-order valence-corrected chi connectivity index (χ3v) is 5.32. The van der Waals surface area contributed by atoms with Crippen LogP contribution in [0.5, 0.6) is 0 Å². The fraction of sp³-hybridized carbons (Fsp3) is 0.684. The van der Waals surface area contributed by atoms with Crippen molar-refractivity contribution in [2.45, 2.75) is 57.5 Å². The Hall–Kier alpha value is -0.860. The molecule has 1 saturated carbocycles. The van der Waals surface area contributed by atoms with Crippen LogP contribution >= 0.6 is 0 Å². The van der Waals surface area contributed by atoms with Gasteiger partial charge >= 0.3 is 0 Å². The summed E-state index contributed by atoms with van der Waals surface area (Å²) >= 11 is 0. The van der Waals surface area contributed by atoms with Crippen LogP contribution in [0.3, 0.4) is 0 Å². The molecule has 2 fully saturated rings. The lowest BCUT2D eigenvalue weighted by molar-refractivity contribution is 0.104. The van der Waals surface area contributed by atoms with Gasteiger partial charge in [0.05, 0.1) is 0 Å². The van der Waals surface area contributed by atoms with Crippen molar-refractivity contribution >= 4 is 0 Å². The lowest BCUT2D eigenvalue weighted by Crippen LogP contribution is -2.53. The minimum absolute atomic E-state index is 0.515. The van der Waals surface area contributed by atoms with E-state index in [-0.39, 0.29) is 0 Å².